The standard InChI is InChI=1S/C18H21F6N3O2S/c1-10(16(2,3)4)26-15(14(9-25)30(5,28)29)27-13-7-11(17(19,20)21)6-12(8-13)18(22,23)24/h6-8,10,26-27H,1-5H3/b15-14-/t10-/m0/s1. The van der Waals surface area contributed by atoms with Crippen molar-refractivity contribution in [3.05, 3.63) is 40.1 Å². The molecular weight excluding hydrogens is 436 g/mol. The first-order chi connectivity index (χ1) is 13.3. The number of hydrogen-bond donors (Lipinski definition) is 2. The Labute approximate surface area is 170 Å². The molecule has 1 aromatic rings. The number of benzene rings is 1. The minimum absolute atomic E-state index is 0.0540. The molecule has 168 valence electrons. The lowest BCUT2D eigenvalue weighted by atomic mass is 9.88. The Morgan fingerprint density at radius 2 is 1.43 bits per heavy atom. The van der Waals surface area contributed by atoms with Gasteiger partial charge in [0.2, 0.25) is 0 Å². The van der Waals surface area contributed by atoms with Crippen LogP contribution in [0.4, 0.5) is 32.0 Å². The van der Waals surface area contributed by atoms with E-state index in [-0.39, 0.29) is 6.07 Å². The van der Waals surface area contributed by atoms with Gasteiger partial charge in [0.1, 0.15) is 11.9 Å². The summed E-state index contributed by atoms with van der Waals surface area (Å²) in [6, 6.07) is 1.66. The van der Waals surface area contributed by atoms with E-state index in [0.717, 1.165) is 0 Å². The summed E-state index contributed by atoms with van der Waals surface area (Å²) < 4.78 is 102. The van der Waals surface area contributed by atoms with Crippen LogP contribution in [0.15, 0.2) is 28.9 Å². The van der Waals surface area contributed by atoms with E-state index in [1.165, 1.54) is 6.07 Å². The second kappa shape index (κ2) is 8.37. The lowest BCUT2D eigenvalue weighted by Gasteiger charge is -2.30. The van der Waals surface area contributed by atoms with Crippen LogP contribution >= 0.6 is 0 Å². The lowest BCUT2D eigenvalue weighted by Crippen LogP contribution is -2.40. The fourth-order valence-corrected chi connectivity index (χ4v) is 2.73. The molecule has 0 saturated carbocycles. The highest BCUT2D eigenvalue weighted by Crippen LogP contribution is 2.38. The van der Waals surface area contributed by atoms with Gasteiger partial charge in [0.25, 0.3) is 0 Å². The van der Waals surface area contributed by atoms with Crippen LogP contribution in [-0.4, -0.2) is 20.7 Å². The molecule has 1 aromatic carbocycles. The first kappa shape index (κ1) is 25.6. The predicted molar refractivity (Wildman–Crippen MR) is 99.6 cm³/mol. The van der Waals surface area contributed by atoms with Gasteiger partial charge in [0, 0.05) is 18.0 Å². The Balaban J connectivity index is 3.68. The minimum Gasteiger partial charge on any atom is -0.367 e. The Morgan fingerprint density at radius 3 is 1.73 bits per heavy atom. The first-order valence-electron chi connectivity index (χ1n) is 8.44. The number of nitrogens with zero attached hydrogens (tertiary/aromatic N) is 1. The number of anilines is 1. The van der Waals surface area contributed by atoms with Crippen LogP contribution in [0.3, 0.4) is 0 Å². The number of rotatable bonds is 5. The summed E-state index contributed by atoms with van der Waals surface area (Å²) in [5.41, 5.74) is -4.34. The van der Waals surface area contributed by atoms with E-state index in [0.29, 0.717) is 18.4 Å². The van der Waals surface area contributed by atoms with Gasteiger partial charge < -0.3 is 10.6 Å². The van der Waals surface area contributed by atoms with Crippen molar-refractivity contribution >= 4 is 15.5 Å². The molecule has 0 bridgehead atoms. The molecule has 0 spiro atoms. The molecule has 0 aromatic heterocycles. The van der Waals surface area contributed by atoms with Crippen LogP contribution in [0.1, 0.15) is 38.8 Å². The Bertz CT molecular complexity index is 935. The summed E-state index contributed by atoms with van der Waals surface area (Å²) in [5.74, 6) is -0.519. The van der Waals surface area contributed by atoms with Gasteiger partial charge in [-0.25, -0.2) is 8.42 Å². The molecule has 12 heteroatoms. The van der Waals surface area contributed by atoms with E-state index < -0.39 is 61.2 Å². The van der Waals surface area contributed by atoms with Gasteiger partial charge in [-0.2, -0.15) is 31.6 Å². The molecule has 0 fully saturated rings. The van der Waals surface area contributed by atoms with Crippen LogP contribution in [0.25, 0.3) is 0 Å². The maximum atomic E-state index is 13.1. The fraction of sp³-hybridized carbons (Fsp3) is 0.500. The number of nitriles is 1. The van der Waals surface area contributed by atoms with Crippen LogP contribution in [-0.2, 0) is 22.2 Å². The van der Waals surface area contributed by atoms with E-state index in [1.807, 2.05) is 0 Å². The number of alkyl halides is 6. The minimum atomic E-state index is -5.08. The second-order valence-corrected chi connectivity index (χ2v) is 9.69. The largest absolute Gasteiger partial charge is 0.416 e. The summed E-state index contributed by atoms with van der Waals surface area (Å²) in [4.78, 5) is -0.857. The average Bonchev–Trinajstić information content (AvgIpc) is 2.51. The molecule has 0 aliphatic carbocycles. The van der Waals surface area contributed by atoms with Crippen LogP contribution < -0.4 is 10.6 Å². The van der Waals surface area contributed by atoms with Crippen molar-refractivity contribution in [1.29, 1.82) is 5.26 Å². The molecule has 0 unspecified atom stereocenters. The highest BCUT2D eigenvalue weighted by Gasteiger charge is 2.37. The van der Waals surface area contributed by atoms with Gasteiger partial charge >= 0.3 is 12.4 Å². The van der Waals surface area contributed by atoms with E-state index >= 15 is 0 Å². The van der Waals surface area contributed by atoms with Crippen molar-refractivity contribution in [3.8, 4) is 6.07 Å². The topological polar surface area (TPSA) is 82.0 Å². The van der Waals surface area contributed by atoms with Crippen molar-refractivity contribution < 1.29 is 34.8 Å². The molecule has 0 aliphatic rings. The Hall–Kier alpha value is -2.42. The quantitative estimate of drug-likeness (QED) is 0.486. The highest BCUT2D eigenvalue weighted by molar-refractivity contribution is 7.94. The molecule has 0 heterocycles. The number of sulfone groups is 1. The zero-order valence-corrected chi connectivity index (χ0v) is 17.6. The van der Waals surface area contributed by atoms with Gasteiger partial charge in [0.05, 0.1) is 11.1 Å². The maximum Gasteiger partial charge on any atom is 0.416 e. The van der Waals surface area contributed by atoms with Crippen molar-refractivity contribution in [3.63, 3.8) is 0 Å². The van der Waals surface area contributed by atoms with Gasteiger partial charge in [-0.3, -0.25) is 0 Å². The maximum absolute atomic E-state index is 13.1. The third-order valence-corrected chi connectivity index (χ3v) is 5.25. The van der Waals surface area contributed by atoms with Crippen LogP contribution in [0.2, 0.25) is 0 Å². The summed E-state index contributed by atoms with van der Waals surface area (Å²) in [7, 11) is -4.15. The zero-order chi connectivity index (χ0) is 23.7. The molecule has 2 N–H and O–H groups in total. The lowest BCUT2D eigenvalue weighted by molar-refractivity contribution is -0.143. The van der Waals surface area contributed by atoms with E-state index in [9.17, 15) is 40.0 Å². The molecular formula is C18H21F6N3O2S. The molecule has 0 radical (unpaired) electrons. The number of nitrogens with one attached hydrogen (secondary N) is 2. The van der Waals surface area contributed by atoms with Gasteiger partial charge in [0.15, 0.2) is 14.7 Å². The van der Waals surface area contributed by atoms with Crippen molar-refractivity contribution in [2.45, 2.75) is 46.1 Å². The molecule has 0 saturated heterocycles. The molecule has 30 heavy (non-hydrogen) atoms. The summed E-state index contributed by atoms with van der Waals surface area (Å²) in [5, 5.41) is 14.2. The summed E-state index contributed by atoms with van der Waals surface area (Å²) in [6.45, 7) is 6.91. The van der Waals surface area contributed by atoms with Gasteiger partial charge in [-0.05, 0) is 30.5 Å². The average molecular weight is 457 g/mol. The molecule has 1 atom stereocenters. The molecule has 1 rings (SSSR count). The third kappa shape index (κ3) is 6.83. The Morgan fingerprint density at radius 1 is 1.00 bits per heavy atom. The first-order valence-corrected chi connectivity index (χ1v) is 10.3. The SMILES string of the molecule is C[C@H](N/C(Nc1cc(C(F)(F)F)cc(C(F)(F)F)c1)=C(\C#N)S(C)(=O)=O)C(C)(C)C. The summed E-state index contributed by atoms with van der Waals surface area (Å²) in [6.07, 6.45) is -9.46. The van der Waals surface area contributed by atoms with E-state index in [4.69, 9.17) is 0 Å². The number of allylic oxidation sites excluding steroid dienone is 1. The van der Waals surface area contributed by atoms with Gasteiger partial charge in [-0.1, -0.05) is 20.8 Å². The second-order valence-electron chi connectivity index (χ2n) is 7.74. The van der Waals surface area contributed by atoms with Crippen molar-refractivity contribution in [2.24, 2.45) is 5.41 Å². The van der Waals surface area contributed by atoms with Crippen LogP contribution in [0, 0.1) is 16.7 Å². The van der Waals surface area contributed by atoms with Crippen molar-refractivity contribution in [2.75, 3.05) is 11.6 Å². The fourth-order valence-electron chi connectivity index (χ4n) is 2.09. The third-order valence-electron chi connectivity index (χ3n) is 4.22. The summed E-state index contributed by atoms with van der Waals surface area (Å²) >= 11 is 0. The normalized spacial score (nSPS) is 15.1. The highest BCUT2D eigenvalue weighted by atomic mass is 32.2. The molecule has 0 aliphatic heterocycles. The molecule has 0 amide bonds. The van der Waals surface area contributed by atoms with E-state index in [2.05, 4.69) is 10.6 Å². The van der Waals surface area contributed by atoms with Crippen LogP contribution in [0.5, 0.6) is 0 Å². The zero-order valence-electron chi connectivity index (χ0n) is 16.7. The predicted octanol–water partition coefficient (Wildman–Crippen LogP) is 4.90. The smallest absolute Gasteiger partial charge is 0.367 e. The number of hydrogen-bond acceptors (Lipinski definition) is 5. The van der Waals surface area contributed by atoms with Crippen molar-refractivity contribution in [1.82, 2.24) is 5.32 Å². The van der Waals surface area contributed by atoms with E-state index in [1.54, 1.807) is 27.7 Å². The number of halogens is 6. The van der Waals surface area contributed by atoms with Gasteiger partial charge in [-0.15, -0.1) is 0 Å². The molecule has 5 nitrogen and oxygen atoms in total. The monoisotopic (exact) mass is 457 g/mol. The Kier molecular flexibility index (Phi) is 7.15.